The standard InChI is InChI=1S/C12H23NO3/c1-10(8-12(14)15-2)13-6-3-7-16-9-11-4-5-11/h10-11,13H,3-9H2,1-2H3. The Bertz CT molecular complexity index is 204. The van der Waals surface area contributed by atoms with E-state index < -0.39 is 0 Å². The Labute approximate surface area is 97.7 Å². The zero-order valence-electron chi connectivity index (χ0n) is 10.3. The van der Waals surface area contributed by atoms with E-state index >= 15 is 0 Å². The van der Waals surface area contributed by atoms with E-state index in [4.69, 9.17) is 4.74 Å². The highest BCUT2D eigenvalue weighted by atomic mass is 16.5. The molecule has 1 aliphatic carbocycles. The van der Waals surface area contributed by atoms with Crippen molar-refractivity contribution in [3.8, 4) is 0 Å². The molecule has 94 valence electrons. The third kappa shape index (κ3) is 6.80. The maximum Gasteiger partial charge on any atom is 0.307 e. The van der Waals surface area contributed by atoms with E-state index in [0.717, 1.165) is 32.1 Å². The molecule has 0 heterocycles. The third-order valence-electron chi connectivity index (χ3n) is 2.71. The van der Waals surface area contributed by atoms with Crippen LogP contribution in [-0.2, 0) is 14.3 Å². The number of esters is 1. The van der Waals surface area contributed by atoms with Gasteiger partial charge in [0.15, 0.2) is 0 Å². The molecule has 1 fully saturated rings. The molecule has 4 nitrogen and oxygen atoms in total. The summed E-state index contributed by atoms with van der Waals surface area (Å²) in [6, 6.07) is 0.177. The molecule has 1 unspecified atom stereocenters. The van der Waals surface area contributed by atoms with Crippen molar-refractivity contribution in [2.24, 2.45) is 5.92 Å². The predicted molar refractivity (Wildman–Crippen MR) is 62.3 cm³/mol. The van der Waals surface area contributed by atoms with E-state index in [9.17, 15) is 4.79 Å². The third-order valence-corrected chi connectivity index (χ3v) is 2.71. The lowest BCUT2D eigenvalue weighted by Crippen LogP contribution is -2.30. The summed E-state index contributed by atoms with van der Waals surface area (Å²) in [6.07, 6.45) is 4.11. The number of carbonyl (C=O) groups excluding carboxylic acids is 1. The molecule has 4 heteroatoms. The summed E-state index contributed by atoms with van der Waals surface area (Å²) >= 11 is 0. The van der Waals surface area contributed by atoms with Gasteiger partial charge >= 0.3 is 5.97 Å². The summed E-state index contributed by atoms with van der Waals surface area (Å²) < 4.78 is 10.1. The largest absolute Gasteiger partial charge is 0.469 e. The van der Waals surface area contributed by atoms with Crippen LogP contribution in [0.3, 0.4) is 0 Å². The van der Waals surface area contributed by atoms with E-state index in [-0.39, 0.29) is 12.0 Å². The van der Waals surface area contributed by atoms with Crippen molar-refractivity contribution in [2.75, 3.05) is 26.9 Å². The van der Waals surface area contributed by atoms with Gasteiger partial charge in [0.2, 0.25) is 0 Å². The van der Waals surface area contributed by atoms with E-state index in [2.05, 4.69) is 10.1 Å². The zero-order valence-corrected chi connectivity index (χ0v) is 10.3. The van der Waals surface area contributed by atoms with E-state index in [1.54, 1.807) is 0 Å². The maximum absolute atomic E-state index is 11.0. The maximum atomic E-state index is 11.0. The molecular formula is C12H23NO3. The van der Waals surface area contributed by atoms with Crippen molar-refractivity contribution >= 4 is 5.97 Å². The minimum absolute atomic E-state index is 0.162. The Morgan fingerprint density at radius 1 is 1.50 bits per heavy atom. The van der Waals surface area contributed by atoms with Gasteiger partial charge < -0.3 is 14.8 Å². The fourth-order valence-corrected chi connectivity index (χ4v) is 1.46. The molecule has 0 aromatic carbocycles. The monoisotopic (exact) mass is 229 g/mol. The number of methoxy groups -OCH3 is 1. The number of hydrogen-bond acceptors (Lipinski definition) is 4. The van der Waals surface area contributed by atoms with Crippen LogP contribution in [0.2, 0.25) is 0 Å². The number of rotatable bonds is 9. The van der Waals surface area contributed by atoms with Crippen LogP contribution in [0.5, 0.6) is 0 Å². The van der Waals surface area contributed by atoms with Gasteiger partial charge in [-0.05, 0) is 38.6 Å². The van der Waals surface area contributed by atoms with Crippen LogP contribution >= 0.6 is 0 Å². The first-order valence-corrected chi connectivity index (χ1v) is 6.10. The van der Waals surface area contributed by atoms with E-state index in [1.165, 1.54) is 20.0 Å². The Kier molecular flexibility index (Phi) is 6.42. The van der Waals surface area contributed by atoms with Gasteiger partial charge in [-0.3, -0.25) is 4.79 Å². The molecule has 0 bridgehead atoms. The highest BCUT2D eigenvalue weighted by Gasteiger charge is 2.20. The first kappa shape index (κ1) is 13.5. The number of carbonyl (C=O) groups is 1. The molecule has 0 amide bonds. The van der Waals surface area contributed by atoms with Crippen LogP contribution in [0.4, 0.5) is 0 Å². The Hall–Kier alpha value is -0.610. The Morgan fingerprint density at radius 3 is 2.88 bits per heavy atom. The van der Waals surface area contributed by atoms with Crippen molar-refractivity contribution in [3.63, 3.8) is 0 Å². The number of nitrogens with one attached hydrogen (secondary N) is 1. The van der Waals surface area contributed by atoms with Gasteiger partial charge in [0.25, 0.3) is 0 Å². The fraction of sp³-hybridized carbons (Fsp3) is 0.917. The van der Waals surface area contributed by atoms with Gasteiger partial charge in [-0.15, -0.1) is 0 Å². The smallest absolute Gasteiger partial charge is 0.307 e. The zero-order chi connectivity index (χ0) is 11.8. The van der Waals surface area contributed by atoms with Gasteiger partial charge in [0.1, 0.15) is 0 Å². The minimum Gasteiger partial charge on any atom is -0.469 e. The molecule has 0 saturated heterocycles. The average molecular weight is 229 g/mol. The summed E-state index contributed by atoms with van der Waals surface area (Å²) in [5, 5.41) is 3.27. The van der Waals surface area contributed by atoms with Crippen LogP contribution in [-0.4, -0.2) is 38.9 Å². The lowest BCUT2D eigenvalue weighted by molar-refractivity contribution is -0.141. The summed E-state index contributed by atoms with van der Waals surface area (Å²) in [5.74, 6) is 0.677. The highest BCUT2D eigenvalue weighted by molar-refractivity contribution is 5.69. The summed E-state index contributed by atoms with van der Waals surface area (Å²) in [4.78, 5) is 11.0. The quantitative estimate of drug-likeness (QED) is 0.479. The van der Waals surface area contributed by atoms with E-state index in [0.29, 0.717) is 6.42 Å². The van der Waals surface area contributed by atoms with Gasteiger partial charge in [-0.2, -0.15) is 0 Å². The SMILES string of the molecule is COC(=O)CC(C)NCCCOCC1CC1. The van der Waals surface area contributed by atoms with Crippen molar-refractivity contribution in [1.29, 1.82) is 0 Å². The molecule has 0 spiro atoms. The van der Waals surface area contributed by atoms with Crippen LogP contribution in [0.25, 0.3) is 0 Å². The number of hydrogen-bond donors (Lipinski definition) is 1. The lowest BCUT2D eigenvalue weighted by Gasteiger charge is -2.12. The molecule has 1 saturated carbocycles. The predicted octanol–water partition coefficient (Wildman–Crippen LogP) is 1.34. The second-order valence-electron chi connectivity index (χ2n) is 4.51. The summed E-state index contributed by atoms with van der Waals surface area (Å²) in [6.45, 7) is 4.62. The van der Waals surface area contributed by atoms with E-state index in [1.807, 2.05) is 6.92 Å². The van der Waals surface area contributed by atoms with Crippen LogP contribution < -0.4 is 5.32 Å². The fourth-order valence-electron chi connectivity index (χ4n) is 1.46. The molecule has 1 rings (SSSR count). The van der Waals surface area contributed by atoms with Crippen LogP contribution in [0, 0.1) is 5.92 Å². The highest BCUT2D eigenvalue weighted by Crippen LogP contribution is 2.28. The molecule has 16 heavy (non-hydrogen) atoms. The summed E-state index contributed by atoms with van der Waals surface area (Å²) in [5.41, 5.74) is 0. The molecule has 0 radical (unpaired) electrons. The van der Waals surface area contributed by atoms with Gasteiger partial charge in [0.05, 0.1) is 13.5 Å². The van der Waals surface area contributed by atoms with Crippen LogP contribution in [0.1, 0.15) is 32.6 Å². The molecular weight excluding hydrogens is 206 g/mol. The van der Waals surface area contributed by atoms with Gasteiger partial charge in [0, 0.05) is 19.3 Å². The molecule has 1 atom stereocenters. The molecule has 0 aromatic rings. The topological polar surface area (TPSA) is 47.6 Å². The molecule has 0 aromatic heterocycles. The number of ether oxygens (including phenoxy) is 2. The van der Waals surface area contributed by atoms with Crippen molar-refractivity contribution in [3.05, 3.63) is 0 Å². The minimum atomic E-state index is -0.162. The van der Waals surface area contributed by atoms with Gasteiger partial charge in [-0.25, -0.2) is 0 Å². The second-order valence-corrected chi connectivity index (χ2v) is 4.51. The van der Waals surface area contributed by atoms with Crippen molar-refractivity contribution < 1.29 is 14.3 Å². The normalized spacial score (nSPS) is 17.1. The first-order chi connectivity index (χ1) is 7.72. The Balaban J connectivity index is 1.83. The molecule has 1 N–H and O–H groups in total. The van der Waals surface area contributed by atoms with Crippen LogP contribution in [0.15, 0.2) is 0 Å². The van der Waals surface area contributed by atoms with Crippen molar-refractivity contribution in [1.82, 2.24) is 5.32 Å². The van der Waals surface area contributed by atoms with Gasteiger partial charge in [-0.1, -0.05) is 0 Å². The lowest BCUT2D eigenvalue weighted by atomic mass is 10.2. The average Bonchev–Trinajstić information content (AvgIpc) is 3.06. The second kappa shape index (κ2) is 7.63. The molecule has 0 aliphatic heterocycles. The summed E-state index contributed by atoms with van der Waals surface area (Å²) in [7, 11) is 1.42. The molecule has 1 aliphatic rings. The van der Waals surface area contributed by atoms with Crippen molar-refractivity contribution in [2.45, 2.75) is 38.6 Å². The first-order valence-electron chi connectivity index (χ1n) is 6.10. The Morgan fingerprint density at radius 2 is 2.25 bits per heavy atom.